The lowest BCUT2D eigenvalue weighted by Gasteiger charge is -2.12. The average molecular weight is 525 g/mol. The SMILES string of the molecule is CCOc1ccc(-n2c(CNC(=O)c3ccccc3OC)nnc2SCC(=O)Nc2nccs2)cc1. The Kier molecular flexibility index (Phi) is 8.53. The molecular weight excluding hydrogens is 500 g/mol. The van der Waals surface area contributed by atoms with Gasteiger partial charge >= 0.3 is 0 Å². The predicted octanol–water partition coefficient (Wildman–Crippen LogP) is 3.79. The molecule has 4 aromatic rings. The number of rotatable bonds is 11. The number of ether oxygens (including phenoxy) is 2. The quantitative estimate of drug-likeness (QED) is 0.284. The molecule has 10 nitrogen and oxygen atoms in total. The number of hydrogen-bond acceptors (Lipinski definition) is 9. The van der Waals surface area contributed by atoms with Crippen molar-refractivity contribution in [2.24, 2.45) is 0 Å². The summed E-state index contributed by atoms with van der Waals surface area (Å²) >= 11 is 2.58. The Morgan fingerprint density at radius 2 is 1.92 bits per heavy atom. The lowest BCUT2D eigenvalue weighted by Crippen LogP contribution is -2.25. The molecule has 2 heterocycles. The van der Waals surface area contributed by atoms with Crippen LogP contribution in [0.15, 0.2) is 65.3 Å². The van der Waals surface area contributed by atoms with Crippen LogP contribution in [0.5, 0.6) is 11.5 Å². The van der Waals surface area contributed by atoms with Crippen molar-refractivity contribution in [3.05, 3.63) is 71.5 Å². The second-order valence-corrected chi connectivity index (χ2v) is 9.06. The number of methoxy groups -OCH3 is 1. The third-order valence-corrected chi connectivity index (χ3v) is 6.49. The molecule has 4 rings (SSSR count). The Bertz CT molecular complexity index is 1310. The van der Waals surface area contributed by atoms with Crippen LogP contribution in [0.2, 0.25) is 0 Å². The van der Waals surface area contributed by atoms with Gasteiger partial charge in [-0.3, -0.25) is 14.2 Å². The number of carbonyl (C=O) groups is 2. The van der Waals surface area contributed by atoms with E-state index in [4.69, 9.17) is 9.47 Å². The summed E-state index contributed by atoms with van der Waals surface area (Å²) in [5, 5.41) is 17.0. The summed E-state index contributed by atoms with van der Waals surface area (Å²) in [4.78, 5) is 29.3. The van der Waals surface area contributed by atoms with Gasteiger partial charge in [0.05, 0.1) is 31.6 Å². The highest BCUT2D eigenvalue weighted by Crippen LogP contribution is 2.25. The minimum Gasteiger partial charge on any atom is -0.496 e. The fourth-order valence-corrected chi connectivity index (χ4v) is 4.60. The van der Waals surface area contributed by atoms with Crippen molar-refractivity contribution in [3.63, 3.8) is 0 Å². The van der Waals surface area contributed by atoms with Gasteiger partial charge in [0.15, 0.2) is 16.1 Å². The van der Waals surface area contributed by atoms with Gasteiger partial charge in [0, 0.05) is 17.3 Å². The standard InChI is InChI=1S/C24H24N6O4S2/c1-3-34-17-10-8-16(9-11-17)30-20(14-26-22(32)18-6-4-5-7-19(18)33-2)28-29-24(30)36-15-21(31)27-23-25-12-13-35-23/h4-13H,3,14-15H2,1-2H3,(H,26,32)(H,25,27,31). The Hall–Kier alpha value is -3.90. The van der Waals surface area contributed by atoms with E-state index in [1.54, 1.807) is 40.4 Å². The van der Waals surface area contributed by atoms with Crippen molar-refractivity contribution in [2.75, 3.05) is 24.8 Å². The highest BCUT2D eigenvalue weighted by atomic mass is 32.2. The zero-order valence-corrected chi connectivity index (χ0v) is 21.3. The fraction of sp³-hybridized carbons (Fsp3) is 0.208. The molecule has 0 atom stereocenters. The van der Waals surface area contributed by atoms with E-state index in [0.29, 0.717) is 34.0 Å². The van der Waals surface area contributed by atoms with Gasteiger partial charge in [0.1, 0.15) is 11.5 Å². The number of amides is 2. The molecule has 0 unspecified atom stereocenters. The number of nitrogens with one attached hydrogen (secondary N) is 2. The van der Waals surface area contributed by atoms with Crippen molar-refractivity contribution >= 4 is 40.0 Å². The minimum atomic E-state index is -0.300. The number of benzene rings is 2. The third kappa shape index (κ3) is 6.20. The van der Waals surface area contributed by atoms with E-state index < -0.39 is 0 Å². The summed E-state index contributed by atoms with van der Waals surface area (Å²) in [5.41, 5.74) is 1.19. The molecule has 0 radical (unpaired) electrons. The van der Waals surface area contributed by atoms with Crippen LogP contribution in [0.25, 0.3) is 5.69 Å². The molecule has 36 heavy (non-hydrogen) atoms. The summed E-state index contributed by atoms with van der Waals surface area (Å²) in [7, 11) is 1.52. The highest BCUT2D eigenvalue weighted by molar-refractivity contribution is 7.99. The molecule has 0 aliphatic heterocycles. The summed E-state index contributed by atoms with van der Waals surface area (Å²) in [6.07, 6.45) is 1.63. The number of nitrogens with zero attached hydrogens (tertiary/aromatic N) is 4. The second kappa shape index (κ2) is 12.2. The van der Waals surface area contributed by atoms with Crippen LogP contribution in [0, 0.1) is 0 Å². The zero-order valence-electron chi connectivity index (χ0n) is 19.6. The first-order valence-corrected chi connectivity index (χ1v) is 12.9. The first kappa shape index (κ1) is 25.2. The molecule has 2 amide bonds. The van der Waals surface area contributed by atoms with Gasteiger partial charge in [-0.05, 0) is 43.3 Å². The molecule has 0 fully saturated rings. The van der Waals surface area contributed by atoms with Gasteiger partial charge in [-0.15, -0.1) is 21.5 Å². The van der Waals surface area contributed by atoms with Crippen molar-refractivity contribution in [3.8, 4) is 17.2 Å². The lowest BCUT2D eigenvalue weighted by atomic mass is 10.2. The Balaban J connectivity index is 1.53. The van der Waals surface area contributed by atoms with Crippen LogP contribution in [0.3, 0.4) is 0 Å². The van der Waals surface area contributed by atoms with E-state index in [-0.39, 0.29) is 24.1 Å². The smallest absolute Gasteiger partial charge is 0.255 e. The van der Waals surface area contributed by atoms with Gasteiger partial charge in [0.25, 0.3) is 5.91 Å². The fourth-order valence-electron chi connectivity index (χ4n) is 3.28. The molecule has 0 aliphatic carbocycles. The Labute approximate surface area is 216 Å². The van der Waals surface area contributed by atoms with E-state index in [0.717, 1.165) is 11.4 Å². The molecule has 12 heteroatoms. The number of carbonyl (C=O) groups excluding carboxylic acids is 2. The van der Waals surface area contributed by atoms with E-state index >= 15 is 0 Å². The maximum atomic E-state index is 12.8. The summed E-state index contributed by atoms with van der Waals surface area (Å²) in [6.45, 7) is 2.59. The second-order valence-electron chi connectivity index (χ2n) is 7.22. The average Bonchev–Trinajstić information content (AvgIpc) is 3.56. The number of hydrogen-bond donors (Lipinski definition) is 2. The van der Waals surface area contributed by atoms with Gasteiger partial charge in [-0.1, -0.05) is 23.9 Å². The van der Waals surface area contributed by atoms with Crippen LogP contribution < -0.4 is 20.1 Å². The van der Waals surface area contributed by atoms with Crippen molar-refractivity contribution in [2.45, 2.75) is 18.6 Å². The van der Waals surface area contributed by atoms with E-state index in [1.807, 2.05) is 31.2 Å². The first-order chi connectivity index (χ1) is 17.6. The van der Waals surface area contributed by atoms with Crippen LogP contribution >= 0.6 is 23.1 Å². The first-order valence-electron chi connectivity index (χ1n) is 11.0. The normalized spacial score (nSPS) is 10.6. The molecule has 2 aromatic heterocycles. The molecule has 2 aromatic carbocycles. The Morgan fingerprint density at radius 1 is 1.11 bits per heavy atom. The van der Waals surface area contributed by atoms with Gasteiger partial charge in [0.2, 0.25) is 5.91 Å². The van der Waals surface area contributed by atoms with Crippen molar-refractivity contribution in [1.29, 1.82) is 0 Å². The van der Waals surface area contributed by atoms with Crippen molar-refractivity contribution < 1.29 is 19.1 Å². The Morgan fingerprint density at radius 3 is 2.64 bits per heavy atom. The molecule has 0 saturated carbocycles. The third-order valence-electron chi connectivity index (χ3n) is 4.88. The molecule has 0 aliphatic rings. The molecule has 186 valence electrons. The molecular formula is C24H24N6O4S2. The predicted molar refractivity (Wildman–Crippen MR) is 138 cm³/mol. The van der Waals surface area contributed by atoms with E-state index in [1.165, 1.54) is 30.2 Å². The van der Waals surface area contributed by atoms with E-state index in [9.17, 15) is 9.59 Å². The lowest BCUT2D eigenvalue weighted by molar-refractivity contribution is -0.113. The molecule has 0 spiro atoms. The van der Waals surface area contributed by atoms with Crippen LogP contribution in [-0.4, -0.2) is 51.0 Å². The maximum Gasteiger partial charge on any atom is 0.255 e. The van der Waals surface area contributed by atoms with Crippen LogP contribution in [0.1, 0.15) is 23.1 Å². The van der Waals surface area contributed by atoms with E-state index in [2.05, 4.69) is 25.8 Å². The largest absolute Gasteiger partial charge is 0.496 e. The number of anilines is 1. The van der Waals surface area contributed by atoms with Crippen LogP contribution in [-0.2, 0) is 11.3 Å². The number of thioether (sulfide) groups is 1. The number of para-hydroxylation sites is 1. The van der Waals surface area contributed by atoms with Crippen LogP contribution in [0.4, 0.5) is 5.13 Å². The molecule has 2 N–H and O–H groups in total. The number of aromatic nitrogens is 4. The van der Waals surface area contributed by atoms with Gasteiger partial charge < -0.3 is 20.1 Å². The minimum absolute atomic E-state index is 0.113. The summed E-state index contributed by atoms with van der Waals surface area (Å²) in [5.74, 6) is 1.32. The highest BCUT2D eigenvalue weighted by Gasteiger charge is 2.18. The zero-order chi connectivity index (χ0) is 25.3. The molecule has 0 saturated heterocycles. The van der Waals surface area contributed by atoms with Gasteiger partial charge in [-0.25, -0.2) is 4.98 Å². The van der Waals surface area contributed by atoms with Crippen molar-refractivity contribution in [1.82, 2.24) is 25.1 Å². The summed E-state index contributed by atoms with van der Waals surface area (Å²) < 4.78 is 12.6. The van der Waals surface area contributed by atoms with Gasteiger partial charge in [-0.2, -0.15) is 0 Å². The number of thiazole rings is 1. The molecule has 0 bridgehead atoms. The topological polar surface area (TPSA) is 120 Å². The summed E-state index contributed by atoms with van der Waals surface area (Å²) in [6, 6.07) is 14.4. The monoisotopic (exact) mass is 524 g/mol. The maximum absolute atomic E-state index is 12.8.